The first kappa shape index (κ1) is 8.04. The minimum absolute atomic E-state index is 0.121. The van der Waals surface area contributed by atoms with Gasteiger partial charge in [-0.05, 0) is 37.0 Å². The lowest BCUT2D eigenvalue weighted by molar-refractivity contribution is 0.413. The summed E-state index contributed by atoms with van der Waals surface area (Å²) in [5.41, 5.74) is 2.13. The van der Waals surface area contributed by atoms with Gasteiger partial charge >= 0.3 is 0 Å². The van der Waals surface area contributed by atoms with Crippen LogP contribution >= 0.6 is 0 Å². The van der Waals surface area contributed by atoms with Crippen LogP contribution in [0.4, 0.5) is 4.39 Å². The zero-order valence-corrected chi connectivity index (χ0v) is 7.89. The van der Waals surface area contributed by atoms with Crippen LogP contribution in [0.1, 0.15) is 30.9 Å². The van der Waals surface area contributed by atoms with Gasteiger partial charge in [0.25, 0.3) is 0 Å². The second-order valence-electron chi connectivity index (χ2n) is 4.05. The molecular weight excluding hydrogens is 177 g/mol. The molecule has 1 aliphatic rings. The van der Waals surface area contributed by atoms with Crippen LogP contribution < -0.4 is 0 Å². The molecule has 0 atom stereocenters. The van der Waals surface area contributed by atoms with Gasteiger partial charge in [0.05, 0.1) is 0 Å². The van der Waals surface area contributed by atoms with Crippen LogP contribution in [0.2, 0.25) is 0 Å². The van der Waals surface area contributed by atoms with Crippen molar-refractivity contribution in [3.05, 3.63) is 35.8 Å². The Labute approximate surface area is 81.9 Å². The van der Waals surface area contributed by atoms with Crippen LogP contribution in [0.5, 0.6) is 0 Å². The molecule has 1 aliphatic carbocycles. The summed E-state index contributed by atoms with van der Waals surface area (Å²) in [7, 11) is 0. The third kappa shape index (κ3) is 1.07. The molecule has 1 aromatic carbocycles. The highest BCUT2D eigenvalue weighted by Crippen LogP contribution is 2.37. The highest BCUT2D eigenvalue weighted by molar-refractivity contribution is 5.81. The number of halogens is 1. The lowest BCUT2D eigenvalue weighted by atomic mass is 9.83. The van der Waals surface area contributed by atoms with E-state index in [9.17, 15) is 4.39 Å². The molecule has 1 aromatic heterocycles. The summed E-state index contributed by atoms with van der Waals surface area (Å²) in [5.74, 6) is 0.520. The van der Waals surface area contributed by atoms with Crippen molar-refractivity contribution in [1.29, 1.82) is 0 Å². The molecule has 1 fully saturated rings. The Kier molecular flexibility index (Phi) is 1.63. The van der Waals surface area contributed by atoms with E-state index in [0.717, 1.165) is 10.9 Å². The number of H-pyrrole nitrogens is 1. The van der Waals surface area contributed by atoms with Crippen molar-refractivity contribution < 1.29 is 4.39 Å². The molecule has 3 rings (SSSR count). The summed E-state index contributed by atoms with van der Waals surface area (Å²) in [4.78, 5) is 3.30. The molecule has 0 aliphatic heterocycles. The molecule has 0 bridgehead atoms. The van der Waals surface area contributed by atoms with Crippen molar-refractivity contribution in [2.45, 2.75) is 25.2 Å². The first-order chi connectivity index (χ1) is 6.84. The van der Waals surface area contributed by atoms with E-state index in [0.29, 0.717) is 5.92 Å². The number of benzene rings is 1. The standard InChI is InChI=1S/C12H12FN/c13-10-5-2-6-11-9(10)7-12(14-11)8-3-1-4-8/h2,5-8,14H,1,3-4H2. The van der Waals surface area contributed by atoms with E-state index < -0.39 is 0 Å². The van der Waals surface area contributed by atoms with Gasteiger partial charge < -0.3 is 4.98 Å². The van der Waals surface area contributed by atoms with Crippen LogP contribution in [0, 0.1) is 5.82 Å². The summed E-state index contributed by atoms with van der Waals surface area (Å²) in [5, 5.41) is 0.731. The topological polar surface area (TPSA) is 15.8 Å². The molecule has 0 spiro atoms. The van der Waals surface area contributed by atoms with Crippen LogP contribution in [0.15, 0.2) is 24.3 Å². The molecule has 0 unspecified atom stereocenters. The predicted octanol–water partition coefficient (Wildman–Crippen LogP) is 3.57. The Hall–Kier alpha value is -1.31. The predicted molar refractivity (Wildman–Crippen MR) is 54.8 cm³/mol. The maximum absolute atomic E-state index is 13.4. The average molecular weight is 189 g/mol. The maximum Gasteiger partial charge on any atom is 0.132 e. The van der Waals surface area contributed by atoms with E-state index in [1.807, 2.05) is 12.1 Å². The Morgan fingerprint density at radius 1 is 1.29 bits per heavy atom. The second kappa shape index (κ2) is 2.84. The highest BCUT2D eigenvalue weighted by atomic mass is 19.1. The van der Waals surface area contributed by atoms with Crippen molar-refractivity contribution in [1.82, 2.24) is 4.98 Å². The molecule has 0 saturated heterocycles. The van der Waals surface area contributed by atoms with E-state index in [1.165, 1.54) is 31.0 Å². The van der Waals surface area contributed by atoms with Gasteiger partial charge in [-0.15, -0.1) is 0 Å². The van der Waals surface area contributed by atoms with Crippen molar-refractivity contribution in [3.63, 3.8) is 0 Å². The van der Waals surface area contributed by atoms with Gasteiger partial charge in [0.2, 0.25) is 0 Å². The zero-order valence-electron chi connectivity index (χ0n) is 7.89. The fourth-order valence-electron chi connectivity index (χ4n) is 2.08. The summed E-state index contributed by atoms with van der Waals surface area (Å²) in [6, 6.07) is 7.16. The summed E-state index contributed by atoms with van der Waals surface area (Å²) >= 11 is 0. The molecule has 14 heavy (non-hydrogen) atoms. The molecule has 1 N–H and O–H groups in total. The molecule has 0 amide bonds. The van der Waals surface area contributed by atoms with Gasteiger partial charge in [-0.25, -0.2) is 4.39 Å². The third-order valence-corrected chi connectivity index (χ3v) is 3.18. The molecule has 1 nitrogen and oxygen atoms in total. The Bertz CT molecular complexity index is 468. The van der Waals surface area contributed by atoms with Crippen LogP contribution in [-0.2, 0) is 0 Å². The third-order valence-electron chi connectivity index (χ3n) is 3.18. The number of rotatable bonds is 1. The lowest BCUT2D eigenvalue weighted by Crippen LogP contribution is -2.08. The van der Waals surface area contributed by atoms with Gasteiger partial charge in [-0.1, -0.05) is 12.5 Å². The monoisotopic (exact) mass is 189 g/mol. The first-order valence-corrected chi connectivity index (χ1v) is 5.12. The van der Waals surface area contributed by atoms with Gasteiger partial charge in [-0.2, -0.15) is 0 Å². The van der Waals surface area contributed by atoms with Crippen molar-refractivity contribution in [2.24, 2.45) is 0 Å². The smallest absolute Gasteiger partial charge is 0.132 e. The molecule has 0 radical (unpaired) electrons. The van der Waals surface area contributed by atoms with E-state index >= 15 is 0 Å². The molecule has 1 heterocycles. The summed E-state index contributed by atoms with van der Waals surface area (Å²) in [6.07, 6.45) is 3.80. The van der Waals surface area contributed by atoms with Crippen molar-refractivity contribution >= 4 is 10.9 Å². The van der Waals surface area contributed by atoms with E-state index in [1.54, 1.807) is 6.07 Å². The second-order valence-corrected chi connectivity index (χ2v) is 4.05. The fourth-order valence-corrected chi connectivity index (χ4v) is 2.08. The quantitative estimate of drug-likeness (QED) is 0.705. The number of fused-ring (bicyclic) bond motifs is 1. The van der Waals surface area contributed by atoms with Crippen LogP contribution in [0.3, 0.4) is 0 Å². The van der Waals surface area contributed by atoms with E-state index in [4.69, 9.17) is 0 Å². The van der Waals surface area contributed by atoms with Gasteiger partial charge in [0, 0.05) is 16.6 Å². The maximum atomic E-state index is 13.4. The zero-order chi connectivity index (χ0) is 9.54. The Balaban J connectivity index is 2.15. The van der Waals surface area contributed by atoms with Gasteiger partial charge in [0.1, 0.15) is 5.82 Å². The van der Waals surface area contributed by atoms with Crippen LogP contribution in [0.25, 0.3) is 10.9 Å². The molecule has 2 aromatic rings. The number of aromatic amines is 1. The minimum atomic E-state index is -0.121. The Morgan fingerprint density at radius 2 is 2.14 bits per heavy atom. The average Bonchev–Trinajstić information content (AvgIpc) is 2.46. The fraction of sp³-hybridized carbons (Fsp3) is 0.333. The molecular formula is C12H12FN. The van der Waals surface area contributed by atoms with Crippen LogP contribution in [-0.4, -0.2) is 4.98 Å². The minimum Gasteiger partial charge on any atom is -0.358 e. The summed E-state index contributed by atoms with van der Waals surface area (Å²) < 4.78 is 13.4. The highest BCUT2D eigenvalue weighted by Gasteiger charge is 2.21. The van der Waals surface area contributed by atoms with Gasteiger partial charge in [0.15, 0.2) is 0 Å². The number of nitrogens with one attached hydrogen (secondary N) is 1. The largest absolute Gasteiger partial charge is 0.358 e. The van der Waals surface area contributed by atoms with E-state index in [-0.39, 0.29) is 5.82 Å². The SMILES string of the molecule is Fc1cccc2[nH]c(C3CCC3)cc12. The normalized spacial score (nSPS) is 17.2. The first-order valence-electron chi connectivity index (χ1n) is 5.12. The lowest BCUT2D eigenvalue weighted by Gasteiger charge is -2.23. The molecule has 1 saturated carbocycles. The van der Waals surface area contributed by atoms with E-state index in [2.05, 4.69) is 4.98 Å². The van der Waals surface area contributed by atoms with Crippen molar-refractivity contribution in [3.8, 4) is 0 Å². The Morgan fingerprint density at radius 3 is 2.79 bits per heavy atom. The summed E-state index contributed by atoms with van der Waals surface area (Å²) in [6.45, 7) is 0. The molecule has 2 heteroatoms. The number of aromatic nitrogens is 1. The van der Waals surface area contributed by atoms with Gasteiger partial charge in [-0.3, -0.25) is 0 Å². The number of hydrogen-bond donors (Lipinski definition) is 1. The number of hydrogen-bond acceptors (Lipinski definition) is 0. The van der Waals surface area contributed by atoms with Crippen molar-refractivity contribution in [2.75, 3.05) is 0 Å². The molecule has 72 valence electrons.